The van der Waals surface area contributed by atoms with E-state index in [1.807, 2.05) is 6.07 Å². The number of rotatable bonds is 0. The van der Waals surface area contributed by atoms with E-state index < -0.39 is 0 Å². The van der Waals surface area contributed by atoms with E-state index in [1.54, 1.807) is 11.3 Å². The Morgan fingerprint density at radius 2 is 2.06 bits per heavy atom. The van der Waals surface area contributed by atoms with Crippen molar-refractivity contribution in [1.82, 2.24) is 4.90 Å². The summed E-state index contributed by atoms with van der Waals surface area (Å²) in [6.45, 7) is 2.34. The topological polar surface area (TPSA) is 20.3 Å². The van der Waals surface area contributed by atoms with Crippen LogP contribution in [0.4, 0.5) is 0 Å². The smallest absolute Gasteiger partial charge is 0.164 e. The minimum atomic E-state index is 0.337. The second-order valence-corrected chi connectivity index (χ2v) is 6.09. The van der Waals surface area contributed by atoms with Crippen molar-refractivity contribution in [2.75, 3.05) is 20.1 Å². The van der Waals surface area contributed by atoms with E-state index in [9.17, 15) is 4.79 Å². The van der Waals surface area contributed by atoms with E-state index in [1.165, 1.54) is 30.8 Å². The fourth-order valence-corrected chi connectivity index (χ4v) is 4.27. The van der Waals surface area contributed by atoms with Crippen LogP contribution in [0.2, 0.25) is 0 Å². The third-order valence-corrected chi connectivity index (χ3v) is 5.38. The Hall–Kier alpha value is -0.670. The first-order valence-electron chi connectivity index (χ1n) is 6.01. The molecular weight excluding hydrogens is 218 g/mol. The first-order valence-corrected chi connectivity index (χ1v) is 6.89. The summed E-state index contributed by atoms with van der Waals surface area (Å²) in [5.41, 5.74) is 1.37. The molecule has 1 aromatic heterocycles. The Kier molecular flexibility index (Phi) is 2.41. The minimum absolute atomic E-state index is 0.337. The third kappa shape index (κ3) is 1.45. The average molecular weight is 235 g/mol. The predicted octanol–water partition coefficient (Wildman–Crippen LogP) is 2.69. The second-order valence-electron chi connectivity index (χ2n) is 5.17. The van der Waals surface area contributed by atoms with Gasteiger partial charge in [-0.05, 0) is 50.8 Å². The van der Waals surface area contributed by atoms with Gasteiger partial charge in [-0.15, -0.1) is 11.3 Å². The molecule has 2 heterocycles. The molecule has 1 aliphatic heterocycles. The van der Waals surface area contributed by atoms with Crippen LogP contribution in [0.5, 0.6) is 0 Å². The summed E-state index contributed by atoms with van der Waals surface area (Å²) in [6, 6.07) is 2.03. The monoisotopic (exact) mass is 235 g/mol. The lowest BCUT2D eigenvalue weighted by Crippen LogP contribution is -2.42. The quantitative estimate of drug-likeness (QED) is 0.689. The van der Waals surface area contributed by atoms with Crippen LogP contribution in [0.25, 0.3) is 0 Å². The molecule has 0 N–H and O–H groups in total. The van der Waals surface area contributed by atoms with Gasteiger partial charge >= 0.3 is 0 Å². The van der Waals surface area contributed by atoms with E-state index in [2.05, 4.69) is 17.3 Å². The highest BCUT2D eigenvalue weighted by Gasteiger charge is 2.41. The number of carbonyl (C=O) groups is 1. The van der Waals surface area contributed by atoms with Crippen molar-refractivity contribution in [1.29, 1.82) is 0 Å². The van der Waals surface area contributed by atoms with Crippen LogP contribution in [0.3, 0.4) is 0 Å². The van der Waals surface area contributed by atoms with Crippen LogP contribution in [-0.4, -0.2) is 30.8 Å². The van der Waals surface area contributed by atoms with E-state index in [0.29, 0.717) is 11.2 Å². The lowest BCUT2D eigenvalue weighted by Gasteiger charge is -2.42. The maximum Gasteiger partial charge on any atom is 0.164 e. The number of carbonyl (C=O) groups excluding carboxylic acids is 1. The zero-order chi connectivity index (χ0) is 11.2. The second kappa shape index (κ2) is 3.67. The molecule has 0 radical (unpaired) electrons. The van der Waals surface area contributed by atoms with Gasteiger partial charge in [-0.3, -0.25) is 4.79 Å². The summed E-state index contributed by atoms with van der Waals surface area (Å²) in [5, 5.41) is 2.09. The fourth-order valence-electron chi connectivity index (χ4n) is 3.06. The Balaban J connectivity index is 1.99. The van der Waals surface area contributed by atoms with E-state index in [4.69, 9.17) is 0 Å². The Morgan fingerprint density at radius 1 is 1.31 bits per heavy atom. The molecule has 16 heavy (non-hydrogen) atoms. The maximum absolute atomic E-state index is 11.8. The Morgan fingerprint density at radius 3 is 2.81 bits per heavy atom. The molecular formula is C13H17NOS. The number of hydrogen-bond donors (Lipinski definition) is 0. The minimum Gasteiger partial charge on any atom is -0.306 e. The third-order valence-electron chi connectivity index (χ3n) is 4.22. The number of Topliss-reactive ketones (excluding diaryl/α,β-unsaturated/α-hetero) is 1. The average Bonchev–Trinajstić information content (AvgIpc) is 2.78. The van der Waals surface area contributed by atoms with Gasteiger partial charge in [-0.25, -0.2) is 0 Å². The van der Waals surface area contributed by atoms with Gasteiger partial charge in [-0.1, -0.05) is 0 Å². The molecule has 0 saturated carbocycles. The van der Waals surface area contributed by atoms with E-state index in [-0.39, 0.29) is 0 Å². The molecule has 1 aliphatic carbocycles. The highest BCUT2D eigenvalue weighted by atomic mass is 32.1. The first kappa shape index (κ1) is 10.5. The van der Waals surface area contributed by atoms with Gasteiger partial charge in [0.15, 0.2) is 5.78 Å². The van der Waals surface area contributed by atoms with Gasteiger partial charge in [0.25, 0.3) is 0 Å². The maximum atomic E-state index is 11.8. The summed E-state index contributed by atoms with van der Waals surface area (Å²) < 4.78 is 0. The van der Waals surface area contributed by atoms with Crippen molar-refractivity contribution in [2.45, 2.75) is 31.1 Å². The van der Waals surface area contributed by atoms with Gasteiger partial charge in [0.1, 0.15) is 0 Å². The van der Waals surface area contributed by atoms with Gasteiger partial charge < -0.3 is 4.90 Å². The van der Waals surface area contributed by atoms with Crippen LogP contribution < -0.4 is 0 Å². The van der Waals surface area contributed by atoms with Gasteiger partial charge in [0.05, 0.1) is 0 Å². The molecule has 3 rings (SSSR count). The SMILES string of the molecule is CN1CCC2(CCC(=O)c3ccsc32)CC1. The number of thiophene rings is 1. The molecule has 0 aromatic carbocycles. The molecule has 1 aromatic rings. The molecule has 0 bridgehead atoms. The predicted molar refractivity (Wildman–Crippen MR) is 66.3 cm³/mol. The fraction of sp³-hybridized carbons (Fsp3) is 0.615. The van der Waals surface area contributed by atoms with Crippen molar-refractivity contribution in [3.05, 3.63) is 21.9 Å². The number of likely N-dealkylation sites (tertiary alicyclic amines) is 1. The zero-order valence-corrected chi connectivity index (χ0v) is 10.5. The standard InChI is InChI=1S/C13H17NOS/c1-14-7-5-13(6-8-14)4-2-11(15)10-3-9-16-12(10)13/h3,9H,2,4-8H2,1H3. The molecule has 0 unspecified atom stereocenters. The summed E-state index contributed by atoms with van der Waals surface area (Å²) >= 11 is 1.80. The summed E-state index contributed by atoms with van der Waals surface area (Å²) in [5.74, 6) is 0.362. The van der Waals surface area contributed by atoms with Crippen molar-refractivity contribution in [2.24, 2.45) is 0 Å². The molecule has 1 spiro atoms. The van der Waals surface area contributed by atoms with Gasteiger partial charge in [0.2, 0.25) is 0 Å². The molecule has 86 valence electrons. The molecule has 2 aliphatic rings. The first-order chi connectivity index (χ1) is 7.71. The van der Waals surface area contributed by atoms with Crippen LogP contribution in [0, 0.1) is 0 Å². The van der Waals surface area contributed by atoms with Crippen molar-refractivity contribution in [3.63, 3.8) is 0 Å². The van der Waals surface area contributed by atoms with Crippen LogP contribution in [0.1, 0.15) is 40.9 Å². The molecule has 0 atom stereocenters. The zero-order valence-electron chi connectivity index (χ0n) is 9.66. The molecule has 0 amide bonds. The molecule has 2 nitrogen and oxygen atoms in total. The summed E-state index contributed by atoms with van der Waals surface area (Å²) in [7, 11) is 2.19. The van der Waals surface area contributed by atoms with Crippen molar-refractivity contribution >= 4 is 17.1 Å². The van der Waals surface area contributed by atoms with Crippen molar-refractivity contribution in [3.8, 4) is 0 Å². The van der Waals surface area contributed by atoms with Crippen LogP contribution >= 0.6 is 11.3 Å². The highest BCUT2D eigenvalue weighted by Crippen LogP contribution is 2.46. The van der Waals surface area contributed by atoms with E-state index in [0.717, 1.165) is 18.4 Å². The number of hydrogen-bond acceptors (Lipinski definition) is 3. The Labute approximate surface area is 100 Å². The van der Waals surface area contributed by atoms with E-state index >= 15 is 0 Å². The molecule has 1 fully saturated rings. The Bertz CT molecular complexity index is 415. The number of ketones is 1. The lowest BCUT2D eigenvalue weighted by atomic mass is 9.69. The summed E-state index contributed by atoms with van der Waals surface area (Å²) in [4.78, 5) is 15.6. The van der Waals surface area contributed by atoms with Gasteiger partial charge in [0, 0.05) is 22.3 Å². The van der Waals surface area contributed by atoms with Crippen LogP contribution in [0.15, 0.2) is 11.4 Å². The molecule has 1 saturated heterocycles. The normalized spacial score (nSPS) is 24.7. The number of piperidine rings is 1. The number of nitrogens with zero attached hydrogens (tertiary/aromatic N) is 1. The largest absolute Gasteiger partial charge is 0.306 e. The summed E-state index contributed by atoms with van der Waals surface area (Å²) in [6.07, 6.45) is 4.29. The van der Waals surface area contributed by atoms with Crippen LogP contribution in [-0.2, 0) is 5.41 Å². The van der Waals surface area contributed by atoms with Crippen molar-refractivity contribution < 1.29 is 4.79 Å². The lowest BCUT2D eigenvalue weighted by molar-refractivity contribution is 0.0925. The highest BCUT2D eigenvalue weighted by molar-refractivity contribution is 7.10. The van der Waals surface area contributed by atoms with Gasteiger partial charge in [-0.2, -0.15) is 0 Å². The number of fused-ring (bicyclic) bond motifs is 2. The molecule has 3 heteroatoms.